The van der Waals surface area contributed by atoms with E-state index in [4.69, 9.17) is 0 Å². The fourth-order valence-corrected chi connectivity index (χ4v) is 1.41. The largest absolute Gasteiger partial charge is 0.253 e. The lowest BCUT2D eigenvalue weighted by molar-refractivity contribution is 0.822. The van der Waals surface area contributed by atoms with Gasteiger partial charge < -0.3 is 0 Å². The van der Waals surface area contributed by atoms with Crippen LogP contribution in [0, 0.1) is 6.92 Å². The Hall–Kier alpha value is -1.44. The maximum atomic E-state index is 4.55. The van der Waals surface area contributed by atoms with E-state index in [1.165, 1.54) is 5.56 Å². The second-order valence-electron chi connectivity index (χ2n) is 3.94. The van der Waals surface area contributed by atoms with Gasteiger partial charge >= 0.3 is 0 Å². The van der Waals surface area contributed by atoms with Crippen LogP contribution in [0.4, 0.5) is 0 Å². The molecule has 0 amide bonds. The molecule has 0 atom stereocenters. The molecule has 1 aromatic heterocycles. The molecule has 0 aliphatic heterocycles. The Morgan fingerprint density at radius 3 is 2.38 bits per heavy atom. The van der Waals surface area contributed by atoms with Crippen LogP contribution in [0.1, 0.15) is 44.9 Å². The van der Waals surface area contributed by atoms with Crippen molar-refractivity contribution in [2.45, 2.75) is 40.5 Å². The van der Waals surface area contributed by atoms with Gasteiger partial charge in [-0.2, -0.15) is 0 Å². The van der Waals surface area contributed by atoms with E-state index in [0.29, 0.717) is 5.92 Å². The lowest BCUT2D eigenvalue weighted by Crippen LogP contribution is -1.94. The van der Waals surface area contributed by atoms with Crippen LogP contribution in [0.15, 0.2) is 24.4 Å². The highest BCUT2D eigenvalue weighted by molar-refractivity contribution is 5.74. The molecule has 2 heteroatoms. The predicted molar refractivity (Wildman–Crippen MR) is 69.7 cm³/mol. The molecular weight excluding hydrogens is 196 g/mol. The molecule has 0 aliphatic rings. The van der Waals surface area contributed by atoms with Crippen LogP contribution in [0.25, 0.3) is 11.0 Å². The van der Waals surface area contributed by atoms with Gasteiger partial charge in [0, 0.05) is 6.20 Å². The average Bonchev–Trinajstić information content (AvgIpc) is 2.30. The summed E-state index contributed by atoms with van der Waals surface area (Å²) in [6.07, 6.45) is 1.87. The Kier molecular flexibility index (Phi) is 4.41. The zero-order chi connectivity index (χ0) is 12.1. The first-order valence-electron chi connectivity index (χ1n) is 5.90. The Balaban J connectivity index is 0.000000606. The summed E-state index contributed by atoms with van der Waals surface area (Å²) in [6.45, 7) is 10.3. The average molecular weight is 216 g/mol. The SMILES string of the molecule is CC.Cc1ccc2nc(C(C)C)cnc2c1. The minimum atomic E-state index is 0.438. The number of benzene rings is 1. The fourth-order valence-electron chi connectivity index (χ4n) is 1.41. The van der Waals surface area contributed by atoms with Gasteiger partial charge in [-0.3, -0.25) is 4.98 Å². The molecular formula is C14H20N2. The van der Waals surface area contributed by atoms with Crippen LogP contribution in [-0.2, 0) is 0 Å². The quantitative estimate of drug-likeness (QED) is 0.717. The number of rotatable bonds is 1. The molecule has 0 saturated carbocycles. The number of hydrogen-bond donors (Lipinski definition) is 0. The Bertz CT molecular complexity index is 461. The van der Waals surface area contributed by atoms with E-state index in [1.54, 1.807) is 0 Å². The summed E-state index contributed by atoms with van der Waals surface area (Å²) < 4.78 is 0. The maximum absolute atomic E-state index is 4.55. The van der Waals surface area contributed by atoms with Crippen molar-refractivity contribution in [3.8, 4) is 0 Å². The van der Waals surface area contributed by atoms with E-state index in [1.807, 2.05) is 26.1 Å². The molecule has 2 nitrogen and oxygen atoms in total. The lowest BCUT2D eigenvalue weighted by atomic mass is 10.1. The second-order valence-corrected chi connectivity index (χ2v) is 3.94. The Morgan fingerprint density at radius 2 is 1.75 bits per heavy atom. The minimum absolute atomic E-state index is 0.438. The summed E-state index contributed by atoms with van der Waals surface area (Å²) in [5, 5.41) is 0. The summed E-state index contributed by atoms with van der Waals surface area (Å²) in [5.41, 5.74) is 4.25. The Labute approximate surface area is 97.7 Å². The van der Waals surface area contributed by atoms with Crippen molar-refractivity contribution in [3.63, 3.8) is 0 Å². The van der Waals surface area contributed by atoms with Crippen molar-refractivity contribution in [2.24, 2.45) is 0 Å². The summed E-state index contributed by atoms with van der Waals surface area (Å²) in [4.78, 5) is 8.95. The highest BCUT2D eigenvalue weighted by atomic mass is 14.8. The topological polar surface area (TPSA) is 25.8 Å². The zero-order valence-electron chi connectivity index (χ0n) is 10.8. The molecule has 1 aromatic carbocycles. The maximum Gasteiger partial charge on any atom is 0.0890 e. The van der Waals surface area contributed by atoms with E-state index in [9.17, 15) is 0 Å². The van der Waals surface area contributed by atoms with Crippen LogP contribution < -0.4 is 0 Å². The Morgan fingerprint density at radius 1 is 1.06 bits per heavy atom. The molecule has 2 rings (SSSR count). The number of nitrogens with zero attached hydrogens (tertiary/aromatic N) is 2. The molecule has 0 aliphatic carbocycles. The van der Waals surface area contributed by atoms with E-state index < -0.39 is 0 Å². The van der Waals surface area contributed by atoms with Gasteiger partial charge in [0.1, 0.15) is 0 Å². The van der Waals surface area contributed by atoms with Gasteiger partial charge in [0.05, 0.1) is 16.7 Å². The van der Waals surface area contributed by atoms with Gasteiger partial charge in [-0.25, -0.2) is 4.98 Å². The van der Waals surface area contributed by atoms with Crippen molar-refractivity contribution in [1.82, 2.24) is 9.97 Å². The molecule has 0 spiro atoms. The standard InChI is InChI=1S/C12H14N2.C2H6/c1-8(2)12-7-13-11-6-9(3)4-5-10(11)14-12;1-2/h4-8H,1-3H3;1-2H3. The number of aromatic nitrogens is 2. The number of aryl methyl sites for hydroxylation is 1. The molecule has 0 bridgehead atoms. The normalized spacial score (nSPS) is 10.1. The van der Waals surface area contributed by atoms with Crippen molar-refractivity contribution in [1.29, 1.82) is 0 Å². The highest BCUT2D eigenvalue weighted by Gasteiger charge is 2.03. The van der Waals surface area contributed by atoms with Gasteiger partial charge in [-0.05, 0) is 30.5 Å². The molecule has 0 fully saturated rings. The zero-order valence-corrected chi connectivity index (χ0v) is 10.8. The van der Waals surface area contributed by atoms with E-state index in [-0.39, 0.29) is 0 Å². The molecule has 0 N–H and O–H groups in total. The number of fused-ring (bicyclic) bond motifs is 1. The van der Waals surface area contributed by atoms with Crippen LogP contribution in [0.5, 0.6) is 0 Å². The van der Waals surface area contributed by atoms with Crippen LogP contribution >= 0.6 is 0 Å². The van der Waals surface area contributed by atoms with Gasteiger partial charge in [0.15, 0.2) is 0 Å². The van der Waals surface area contributed by atoms with Gasteiger partial charge in [0.2, 0.25) is 0 Å². The fraction of sp³-hybridized carbons (Fsp3) is 0.429. The molecule has 2 aromatic rings. The minimum Gasteiger partial charge on any atom is -0.253 e. The van der Waals surface area contributed by atoms with Crippen molar-refractivity contribution in [3.05, 3.63) is 35.7 Å². The summed E-state index contributed by atoms with van der Waals surface area (Å²) in [5.74, 6) is 0.438. The van der Waals surface area contributed by atoms with E-state index in [2.05, 4.69) is 42.9 Å². The molecule has 16 heavy (non-hydrogen) atoms. The van der Waals surface area contributed by atoms with E-state index >= 15 is 0 Å². The van der Waals surface area contributed by atoms with Crippen LogP contribution in [0.2, 0.25) is 0 Å². The van der Waals surface area contributed by atoms with Gasteiger partial charge in [-0.1, -0.05) is 33.8 Å². The summed E-state index contributed by atoms with van der Waals surface area (Å²) in [6, 6.07) is 6.16. The summed E-state index contributed by atoms with van der Waals surface area (Å²) in [7, 11) is 0. The molecule has 0 saturated heterocycles. The second kappa shape index (κ2) is 5.59. The van der Waals surface area contributed by atoms with Crippen LogP contribution in [0.3, 0.4) is 0 Å². The molecule has 0 radical (unpaired) electrons. The monoisotopic (exact) mass is 216 g/mol. The molecule has 1 heterocycles. The third-order valence-electron chi connectivity index (χ3n) is 2.31. The van der Waals surface area contributed by atoms with Crippen molar-refractivity contribution in [2.75, 3.05) is 0 Å². The third kappa shape index (κ3) is 2.78. The molecule has 0 unspecified atom stereocenters. The first kappa shape index (κ1) is 12.6. The summed E-state index contributed by atoms with van der Waals surface area (Å²) >= 11 is 0. The first-order valence-corrected chi connectivity index (χ1v) is 5.90. The predicted octanol–water partition coefficient (Wildman–Crippen LogP) is 4.09. The first-order chi connectivity index (χ1) is 7.66. The number of hydrogen-bond acceptors (Lipinski definition) is 2. The van der Waals surface area contributed by atoms with Gasteiger partial charge in [-0.15, -0.1) is 0 Å². The van der Waals surface area contributed by atoms with Crippen molar-refractivity contribution < 1.29 is 0 Å². The molecule has 86 valence electrons. The van der Waals surface area contributed by atoms with Crippen molar-refractivity contribution >= 4 is 11.0 Å². The highest BCUT2D eigenvalue weighted by Crippen LogP contribution is 2.15. The van der Waals surface area contributed by atoms with Gasteiger partial charge in [0.25, 0.3) is 0 Å². The van der Waals surface area contributed by atoms with Crippen LogP contribution in [-0.4, -0.2) is 9.97 Å². The lowest BCUT2D eigenvalue weighted by Gasteiger charge is -2.05. The van der Waals surface area contributed by atoms with E-state index in [0.717, 1.165) is 16.7 Å². The third-order valence-corrected chi connectivity index (χ3v) is 2.31. The smallest absolute Gasteiger partial charge is 0.0890 e.